The number of hydrogen-bond donors (Lipinski definition) is 0. The van der Waals surface area contributed by atoms with Gasteiger partial charge in [0, 0.05) is 25.9 Å². The maximum atomic E-state index is 12.7. The number of rotatable bonds is 3. The topological polar surface area (TPSA) is 64.8 Å². The van der Waals surface area contributed by atoms with Crippen molar-refractivity contribution in [3.63, 3.8) is 0 Å². The van der Waals surface area contributed by atoms with Gasteiger partial charge in [0.05, 0.1) is 35.9 Å². The standard InChI is InChI=1S/C19H21ClN2O4/c1-13-16(21-18(26-13)14-4-2-3-5-15(14)20)12-17(23)22-8-6-19(7-9-22)24-10-11-25-19/h2-5H,6-12H2,1H3. The van der Waals surface area contributed by atoms with Crippen LogP contribution in [0.3, 0.4) is 0 Å². The van der Waals surface area contributed by atoms with E-state index >= 15 is 0 Å². The highest BCUT2D eigenvalue weighted by Gasteiger charge is 2.40. The third kappa shape index (κ3) is 3.37. The van der Waals surface area contributed by atoms with Gasteiger partial charge >= 0.3 is 0 Å². The minimum Gasteiger partial charge on any atom is -0.441 e. The molecule has 0 aliphatic carbocycles. The van der Waals surface area contributed by atoms with Gasteiger partial charge in [0.1, 0.15) is 5.76 Å². The monoisotopic (exact) mass is 376 g/mol. The van der Waals surface area contributed by atoms with E-state index in [0.717, 1.165) is 5.56 Å². The average molecular weight is 377 g/mol. The van der Waals surface area contributed by atoms with Gasteiger partial charge in [-0.3, -0.25) is 4.79 Å². The third-order valence-electron chi connectivity index (χ3n) is 5.01. The number of aromatic nitrogens is 1. The Balaban J connectivity index is 1.43. The summed E-state index contributed by atoms with van der Waals surface area (Å²) in [6.07, 6.45) is 1.64. The average Bonchev–Trinajstić information content (AvgIpc) is 3.23. The van der Waals surface area contributed by atoms with Crippen molar-refractivity contribution in [2.45, 2.75) is 32.0 Å². The Labute approximate surface area is 157 Å². The fourth-order valence-corrected chi connectivity index (χ4v) is 3.70. The third-order valence-corrected chi connectivity index (χ3v) is 5.34. The van der Waals surface area contributed by atoms with E-state index in [1.807, 2.05) is 30.0 Å². The van der Waals surface area contributed by atoms with Crippen LogP contribution in [0.1, 0.15) is 24.3 Å². The van der Waals surface area contributed by atoms with Crippen LogP contribution in [0.4, 0.5) is 0 Å². The number of carbonyl (C=O) groups is 1. The molecule has 2 aliphatic heterocycles. The molecule has 0 atom stereocenters. The first-order chi connectivity index (χ1) is 12.6. The molecule has 0 N–H and O–H groups in total. The van der Waals surface area contributed by atoms with Gasteiger partial charge in [-0.1, -0.05) is 23.7 Å². The fourth-order valence-electron chi connectivity index (χ4n) is 3.48. The summed E-state index contributed by atoms with van der Waals surface area (Å²) in [5, 5.41) is 0.574. The first-order valence-corrected chi connectivity index (χ1v) is 9.21. The van der Waals surface area contributed by atoms with Crippen LogP contribution in [0.25, 0.3) is 11.5 Å². The molecular weight excluding hydrogens is 356 g/mol. The van der Waals surface area contributed by atoms with Crippen molar-refractivity contribution in [2.75, 3.05) is 26.3 Å². The maximum Gasteiger partial charge on any atom is 0.228 e. The van der Waals surface area contributed by atoms with Crippen molar-refractivity contribution in [2.24, 2.45) is 0 Å². The van der Waals surface area contributed by atoms with E-state index < -0.39 is 5.79 Å². The first-order valence-electron chi connectivity index (χ1n) is 8.83. The Kier molecular flexibility index (Phi) is 4.73. The molecule has 1 spiro atoms. The molecule has 0 bridgehead atoms. The van der Waals surface area contributed by atoms with Gasteiger partial charge in [-0.15, -0.1) is 0 Å². The number of piperidine rings is 1. The zero-order valence-corrected chi connectivity index (χ0v) is 15.4. The molecule has 0 saturated carbocycles. The van der Waals surface area contributed by atoms with E-state index in [0.29, 0.717) is 61.5 Å². The van der Waals surface area contributed by atoms with Crippen molar-refractivity contribution in [3.05, 3.63) is 40.7 Å². The summed E-state index contributed by atoms with van der Waals surface area (Å²) in [5.74, 6) is 0.656. The van der Waals surface area contributed by atoms with E-state index in [1.165, 1.54) is 0 Å². The Morgan fingerprint density at radius 3 is 2.62 bits per heavy atom. The Bertz CT molecular complexity index is 804. The quantitative estimate of drug-likeness (QED) is 0.823. The fraction of sp³-hybridized carbons (Fsp3) is 0.474. The lowest BCUT2D eigenvalue weighted by molar-refractivity contribution is -0.187. The highest BCUT2D eigenvalue weighted by atomic mass is 35.5. The van der Waals surface area contributed by atoms with Gasteiger partial charge < -0.3 is 18.8 Å². The Hall–Kier alpha value is -1.89. The minimum absolute atomic E-state index is 0.0416. The molecule has 6 nitrogen and oxygen atoms in total. The summed E-state index contributed by atoms with van der Waals surface area (Å²) in [6.45, 7) is 4.36. The smallest absolute Gasteiger partial charge is 0.228 e. The maximum absolute atomic E-state index is 12.7. The second kappa shape index (κ2) is 7.02. The summed E-state index contributed by atoms with van der Waals surface area (Å²) in [4.78, 5) is 19.0. The molecule has 0 radical (unpaired) electrons. The van der Waals surface area contributed by atoms with E-state index in [-0.39, 0.29) is 12.3 Å². The van der Waals surface area contributed by atoms with E-state index in [1.54, 1.807) is 6.07 Å². The van der Waals surface area contributed by atoms with Crippen molar-refractivity contribution in [1.82, 2.24) is 9.88 Å². The Morgan fingerprint density at radius 2 is 1.92 bits per heavy atom. The molecule has 2 saturated heterocycles. The number of halogens is 1. The zero-order valence-electron chi connectivity index (χ0n) is 14.7. The van der Waals surface area contributed by atoms with Crippen LogP contribution in [0.15, 0.2) is 28.7 Å². The van der Waals surface area contributed by atoms with Crippen LogP contribution in [-0.4, -0.2) is 47.9 Å². The normalized spacial score (nSPS) is 19.2. The van der Waals surface area contributed by atoms with E-state index in [2.05, 4.69) is 4.98 Å². The second-order valence-electron chi connectivity index (χ2n) is 6.67. The van der Waals surface area contributed by atoms with E-state index in [9.17, 15) is 4.79 Å². The van der Waals surface area contributed by atoms with Crippen LogP contribution in [-0.2, 0) is 20.7 Å². The molecule has 2 aliphatic rings. The number of oxazole rings is 1. The van der Waals surface area contributed by atoms with Gasteiger partial charge in [0.15, 0.2) is 5.79 Å². The second-order valence-corrected chi connectivity index (χ2v) is 7.07. The largest absolute Gasteiger partial charge is 0.441 e. The molecule has 26 heavy (non-hydrogen) atoms. The lowest BCUT2D eigenvalue weighted by Gasteiger charge is -2.37. The molecule has 1 amide bonds. The molecule has 1 aromatic carbocycles. The highest BCUT2D eigenvalue weighted by Crippen LogP contribution is 2.32. The number of carbonyl (C=O) groups excluding carboxylic acids is 1. The van der Waals surface area contributed by atoms with Gasteiger partial charge in [-0.25, -0.2) is 4.98 Å². The highest BCUT2D eigenvalue weighted by molar-refractivity contribution is 6.33. The predicted octanol–water partition coefficient (Wildman–Crippen LogP) is 3.21. The molecule has 3 heterocycles. The van der Waals surface area contributed by atoms with Crippen LogP contribution in [0.5, 0.6) is 0 Å². The van der Waals surface area contributed by atoms with Crippen LogP contribution in [0.2, 0.25) is 5.02 Å². The van der Waals surface area contributed by atoms with Crippen molar-refractivity contribution in [1.29, 1.82) is 0 Å². The number of amides is 1. The number of ether oxygens (including phenoxy) is 2. The summed E-state index contributed by atoms with van der Waals surface area (Å²) in [6, 6.07) is 7.37. The Morgan fingerprint density at radius 1 is 1.23 bits per heavy atom. The number of benzene rings is 1. The van der Waals surface area contributed by atoms with Crippen LogP contribution >= 0.6 is 11.6 Å². The molecule has 7 heteroatoms. The molecular formula is C19H21ClN2O4. The molecule has 138 valence electrons. The molecule has 4 rings (SSSR count). The minimum atomic E-state index is -0.474. The van der Waals surface area contributed by atoms with Crippen LogP contribution < -0.4 is 0 Å². The SMILES string of the molecule is Cc1oc(-c2ccccc2Cl)nc1CC(=O)N1CCC2(CC1)OCCO2. The number of nitrogens with zero attached hydrogens (tertiary/aromatic N) is 2. The van der Waals surface area contributed by atoms with E-state index in [4.69, 9.17) is 25.5 Å². The van der Waals surface area contributed by atoms with Gasteiger partial charge in [0.2, 0.25) is 11.8 Å². The summed E-state index contributed by atoms with van der Waals surface area (Å²) in [7, 11) is 0. The van der Waals surface area contributed by atoms with Crippen molar-refractivity contribution >= 4 is 17.5 Å². The molecule has 2 fully saturated rings. The molecule has 1 aromatic heterocycles. The predicted molar refractivity (Wildman–Crippen MR) is 95.8 cm³/mol. The van der Waals surface area contributed by atoms with Gasteiger partial charge in [-0.2, -0.15) is 0 Å². The van der Waals surface area contributed by atoms with Gasteiger partial charge in [-0.05, 0) is 19.1 Å². The molecule has 0 unspecified atom stereocenters. The summed E-state index contributed by atoms with van der Waals surface area (Å²) < 4.78 is 17.2. The summed E-state index contributed by atoms with van der Waals surface area (Å²) in [5.41, 5.74) is 1.38. The van der Waals surface area contributed by atoms with Crippen molar-refractivity contribution in [3.8, 4) is 11.5 Å². The first kappa shape index (κ1) is 17.5. The number of hydrogen-bond acceptors (Lipinski definition) is 5. The number of aryl methyl sites for hydroxylation is 1. The number of likely N-dealkylation sites (tertiary alicyclic amines) is 1. The van der Waals surface area contributed by atoms with Crippen LogP contribution in [0, 0.1) is 6.92 Å². The zero-order chi connectivity index (χ0) is 18.1. The summed E-state index contributed by atoms with van der Waals surface area (Å²) >= 11 is 6.21. The lowest BCUT2D eigenvalue weighted by Crippen LogP contribution is -2.47. The lowest BCUT2D eigenvalue weighted by atomic mass is 10.0. The molecule has 2 aromatic rings. The van der Waals surface area contributed by atoms with Gasteiger partial charge in [0.25, 0.3) is 0 Å². The van der Waals surface area contributed by atoms with Crippen molar-refractivity contribution < 1.29 is 18.7 Å².